The Morgan fingerprint density at radius 3 is 2.27 bits per heavy atom. The zero-order valence-electron chi connectivity index (χ0n) is 25.7. The number of carbonyl (C=O) groups excluding carboxylic acids is 3. The summed E-state index contributed by atoms with van der Waals surface area (Å²) >= 11 is 0. The number of aliphatic hydroxyl groups is 6. The lowest BCUT2D eigenvalue weighted by Gasteiger charge is -2.58. The van der Waals surface area contributed by atoms with Crippen LogP contribution in [0.5, 0.6) is 0 Å². The zero-order valence-corrected chi connectivity index (χ0v) is 25.7. The summed E-state index contributed by atoms with van der Waals surface area (Å²) in [6.07, 6.45) is 5.98. The van der Waals surface area contributed by atoms with E-state index in [0.29, 0.717) is 25.9 Å². The molecule has 5 aliphatic rings. The van der Waals surface area contributed by atoms with Crippen LogP contribution in [0.25, 0.3) is 0 Å². The van der Waals surface area contributed by atoms with Gasteiger partial charge in [-0.05, 0) is 50.3 Å². The van der Waals surface area contributed by atoms with Gasteiger partial charge in [-0.25, -0.2) is 0 Å². The third-order valence-electron chi connectivity index (χ3n) is 9.88. The largest absolute Gasteiger partial charge is 0.508 e. The van der Waals surface area contributed by atoms with Crippen LogP contribution >= 0.6 is 0 Å². The van der Waals surface area contributed by atoms with Crippen LogP contribution in [0.1, 0.15) is 46.5 Å². The van der Waals surface area contributed by atoms with Crippen molar-refractivity contribution in [2.45, 2.75) is 69.3 Å². The van der Waals surface area contributed by atoms with Crippen molar-refractivity contribution in [1.29, 1.82) is 0 Å². The maximum atomic E-state index is 14.0. The highest BCUT2D eigenvalue weighted by Crippen LogP contribution is 2.60. The van der Waals surface area contributed by atoms with Crippen molar-refractivity contribution in [3.05, 3.63) is 57.8 Å². The van der Waals surface area contributed by atoms with Gasteiger partial charge in [0.05, 0.1) is 5.57 Å². The lowest BCUT2D eigenvalue weighted by molar-refractivity contribution is -0.216. The standard InChI is InChI=1S/C32H43N3O9/c1-29(2,3)14-34-12-16-10-17(15-8-6-7-9-15)18-11-30(42)13-31(43)25(35(4)5)24(38)20(28(33)41)26(39)32(31,44)27(40)21(30)23(37)19(18)22(16)36/h6,8-9,16-18,25,34,37,39-40,42-44H,7,10-14H2,1-5H3,(H2,33,41)/t16?,17?,18?,25-,30+,31+,32+/m0/s1. The summed E-state index contributed by atoms with van der Waals surface area (Å²) < 4.78 is 0. The lowest BCUT2D eigenvalue weighted by atomic mass is 9.52. The first-order valence-electron chi connectivity index (χ1n) is 14.9. The van der Waals surface area contributed by atoms with Crippen LogP contribution in [-0.2, 0) is 14.4 Å². The fraction of sp³-hybridized carbons (Fsp3) is 0.594. The third-order valence-corrected chi connectivity index (χ3v) is 9.88. The second-order valence-corrected chi connectivity index (χ2v) is 14.4. The third kappa shape index (κ3) is 4.49. The van der Waals surface area contributed by atoms with Crippen LogP contribution in [0.4, 0.5) is 0 Å². The van der Waals surface area contributed by atoms with Gasteiger partial charge in [0.1, 0.15) is 34.3 Å². The molecule has 9 N–H and O–H groups in total. The molecule has 0 aromatic heterocycles. The number of nitrogens with one attached hydrogen (secondary N) is 1. The number of aliphatic hydroxyl groups excluding tert-OH is 3. The molecule has 3 unspecified atom stereocenters. The summed E-state index contributed by atoms with van der Waals surface area (Å²) in [6, 6.07) is -1.74. The fourth-order valence-corrected chi connectivity index (χ4v) is 8.07. The fourth-order valence-electron chi connectivity index (χ4n) is 8.07. The predicted octanol–water partition coefficient (Wildman–Crippen LogP) is 0.765. The summed E-state index contributed by atoms with van der Waals surface area (Å²) in [5.41, 5.74) is -3.71. The SMILES string of the molecule is CN(C)[C@H]1C(=O)C(C(N)=O)=C(O)[C@@]2(O)C(O)=C3C(O)=C4C(=O)C(CNCC(C)(C)C)CC(C5=CCC=C5)C4C[C@@]3(O)C[C@@]12O. The van der Waals surface area contributed by atoms with E-state index < -0.39 is 81.2 Å². The number of Topliss-reactive ketones (excluding diaryl/α,β-unsaturated/α-hetero) is 2. The van der Waals surface area contributed by atoms with Crippen LogP contribution < -0.4 is 11.1 Å². The number of carbonyl (C=O) groups is 3. The van der Waals surface area contributed by atoms with E-state index in [0.717, 1.165) is 5.57 Å². The van der Waals surface area contributed by atoms with E-state index in [2.05, 4.69) is 26.1 Å². The highest BCUT2D eigenvalue weighted by Gasteiger charge is 2.74. The first-order chi connectivity index (χ1) is 20.3. The number of nitrogens with two attached hydrogens (primary N) is 1. The number of primary amides is 1. The molecule has 0 aromatic carbocycles. The predicted molar refractivity (Wildman–Crippen MR) is 159 cm³/mol. The van der Waals surface area contributed by atoms with Gasteiger partial charge >= 0.3 is 0 Å². The zero-order chi connectivity index (χ0) is 32.7. The minimum Gasteiger partial charge on any atom is -0.508 e. The van der Waals surface area contributed by atoms with Crippen molar-refractivity contribution in [2.24, 2.45) is 28.9 Å². The molecule has 0 heterocycles. The van der Waals surface area contributed by atoms with Crippen molar-refractivity contribution in [2.75, 3.05) is 27.2 Å². The molecule has 1 fully saturated rings. The van der Waals surface area contributed by atoms with Gasteiger partial charge in [-0.1, -0.05) is 39.0 Å². The van der Waals surface area contributed by atoms with Crippen molar-refractivity contribution >= 4 is 17.5 Å². The molecule has 0 aliphatic heterocycles. The normalized spacial score (nSPS) is 37.3. The molecule has 1 saturated carbocycles. The first-order valence-corrected chi connectivity index (χ1v) is 14.9. The molecule has 1 amide bonds. The van der Waals surface area contributed by atoms with Crippen molar-refractivity contribution in [1.82, 2.24) is 10.2 Å². The molecule has 12 heteroatoms. The number of likely N-dealkylation sites (N-methyl/N-ethyl adjacent to an activating group) is 1. The molecule has 0 aromatic rings. The van der Waals surface area contributed by atoms with Crippen molar-refractivity contribution in [3.63, 3.8) is 0 Å². The number of nitrogens with zero attached hydrogens (tertiary/aromatic N) is 1. The minimum absolute atomic E-state index is 0.0279. The monoisotopic (exact) mass is 613 g/mol. The molecule has 44 heavy (non-hydrogen) atoms. The van der Waals surface area contributed by atoms with Gasteiger partial charge < -0.3 is 41.7 Å². The molecule has 0 spiro atoms. The Bertz CT molecular complexity index is 1480. The second-order valence-electron chi connectivity index (χ2n) is 14.4. The highest BCUT2D eigenvalue weighted by molar-refractivity contribution is 6.22. The Morgan fingerprint density at radius 1 is 1.07 bits per heavy atom. The summed E-state index contributed by atoms with van der Waals surface area (Å²) in [5, 5.41) is 74.1. The number of amides is 1. The summed E-state index contributed by atoms with van der Waals surface area (Å²) in [7, 11) is 2.75. The number of hydrogen-bond acceptors (Lipinski definition) is 11. The molecule has 0 saturated heterocycles. The number of rotatable bonds is 6. The molecule has 0 bridgehead atoms. The van der Waals surface area contributed by atoms with E-state index in [-0.39, 0.29) is 29.1 Å². The van der Waals surface area contributed by atoms with Gasteiger partial charge in [-0.3, -0.25) is 19.3 Å². The van der Waals surface area contributed by atoms with E-state index in [1.54, 1.807) is 0 Å². The summed E-state index contributed by atoms with van der Waals surface area (Å²) in [5.74, 6) is -7.93. The van der Waals surface area contributed by atoms with Crippen LogP contribution in [0.2, 0.25) is 0 Å². The Hall–Kier alpha value is -3.29. The average Bonchev–Trinajstić information content (AvgIpc) is 3.41. The molecular weight excluding hydrogens is 570 g/mol. The van der Waals surface area contributed by atoms with Crippen LogP contribution in [0.15, 0.2) is 57.8 Å². The van der Waals surface area contributed by atoms with Crippen LogP contribution in [0.3, 0.4) is 0 Å². The number of hydrogen-bond donors (Lipinski definition) is 8. The molecule has 0 radical (unpaired) electrons. The quantitative estimate of drug-likeness (QED) is 0.196. The maximum Gasteiger partial charge on any atom is 0.255 e. The van der Waals surface area contributed by atoms with Gasteiger partial charge in [0.2, 0.25) is 5.60 Å². The van der Waals surface area contributed by atoms with Gasteiger partial charge in [0.15, 0.2) is 17.3 Å². The Balaban J connectivity index is 1.73. The molecule has 5 aliphatic carbocycles. The number of fused-ring (bicyclic) bond motifs is 3. The maximum absolute atomic E-state index is 14.0. The van der Waals surface area contributed by atoms with Crippen LogP contribution in [0, 0.1) is 23.2 Å². The molecular formula is C32H43N3O9. The average molecular weight is 614 g/mol. The van der Waals surface area contributed by atoms with E-state index in [9.17, 15) is 45.0 Å². The van der Waals surface area contributed by atoms with Crippen molar-refractivity contribution in [3.8, 4) is 0 Å². The number of ketones is 2. The van der Waals surface area contributed by atoms with Gasteiger partial charge in [0.25, 0.3) is 5.91 Å². The molecule has 7 atom stereocenters. The molecule has 12 nitrogen and oxygen atoms in total. The molecule has 5 rings (SSSR count). The second kappa shape index (κ2) is 10.4. The van der Waals surface area contributed by atoms with Crippen LogP contribution in [-0.4, -0.2) is 103 Å². The number of allylic oxidation sites excluding steroid dienone is 5. The Morgan fingerprint density at radius 2 is 1.73 bits per heavy atom. The molecule has 240 valence electrons. The lowest BCUT2D eigenvalue weighted by Crippen LogP contribution is -2.76. The first kappa shape index (κ1) is 32.1. The Kier molecular flexibility index (Phi) is 7.58. The van der Waals surface area contributed by atoms with Gasteiger partial charge in [0, 0.05) is 36.9 Å². The smallest absolute Gasteiger partial charge is 0.255 e. The summed E-state index contributed by atoms with van der Waals surface area (Å²) in [4.78, 5) is 40.9. The van der Waals surface area contributed by atoms with Gasteiger partial charge in [-0.2, -0.15) is 0 Å². The summed E-state index contributed by atoms with van der Waals surface area (Å²) in [6.45, 7) is 7.13. The van der Waals surface area contributed by atoms with E-state index in [4.69, 9.17) is 5.73 Å². The topological polar surface area (TPSA) is 214 Å². The van der Waals surface area contributed by atoms with Gasteiger partial charge in [-0.15, -0.1) is 0 Å². The van der Waals surface area contributed by atoms with E-state index in [1.807, 2.05) is 18.2 Å². The minimum atomic E-state index is -3.23. The van der Waals surface area contributed by atoms with E-state index in [1.165, 1.54) is 19.0 Å². The van der Waals surface area contributed by atoms with E-state index >= 15 is 0 Å². The Labute approximate surface area is 255 Å². The van der Waals surface area contributed by atoms with Crippen molar-refractivity contribution < 1.29 is 45.0 Å². The highest BCUT2D eigenvalue weighted by atomic mass is 16.4.